The van der Waals surface area contributed by atoms with Gasteiger partial charge in [0.05, 0.1) is 6.21 Å². The first kappa shape index (κ1) is 18.4. The summed E-state index contributed by atoms with van der Waals surface area (Å²) < 4.78 is 9.19. The number of aryl methyl sites for hydroxylation is 2. The molecule has 0 aliphatic heterocycles. The molecule has 0 amide bonds. The van der Waals surface area contributed by atoms with E-state index < -0.39 is 0 Å². The van der Waals surface area contributed by atoms with Crippen LogP contribution in [0.5, 0.6) is 0 Å². The topological polar surface area (TPSA) is 76.9 Å². The predicted octanol–water partition coefficient (Wildman–Crippen LogP) is 4.85. The minimum Gasteiger partial charge on any atom is -0.360 e. The summed E-state index contributed by atoms with van der Waals surface area (Å²) in [5.74, 6) is 2.09. The highest BCUT2D eigenvalue weighted by atomic mass is 35.5. The maximum absolute atomic E-state index is 6.10. The zero-order valence-electron chi connectivity index (χ0n) is 15.5. The number of rotatable bonds is 4. The van der Waals surface area contributed by atoms with Crippen molar-refractivity contribution in [2.75, 3.05) is 0 Å². The van der Waals surface area contributed by atoms with Crippen LogP contribution in [0.4, 0.5) is 0 Å². The van der Waals surface area contributed by atoms with E-state index in [-0.39, 0.29) is 0 Å². The van der Waals surface area contributed by atoms with Gasteiger partial charge in [0.15, 0.2) is 11.6 Å². The fourth-order valence-corrected chi connectivity index (χ4v) is 3.43. The number of hydrogen-bond acceptors (Lipinski definition) is 5. The molecule has 0 aliphatic carbocycles. The molecule has 0 fully saturated rings. The lowest BCUT2D eigenvalue weighted by molar-refractivity contribution is 0.394. The van der Waals surface area contributed by atoms with Crippen LogP contribution in [0.1, 0.15) is 22.7 Å². The molecule has 0 atom stereocenters. The van der Waals surface area contributed by atoms with Gasteiger partial charge in [-0.2, -0.15) is 14.9 Å². The summed E-state index contributed by atoms with van der Waals surface area (Å²) >= 11 is 11.4. The third kappa shape index (κ3) is 3.32. The Kier molecular flexibility index (Phi) is 4.74. The van der Waals surface area contributed by atoms with Gasteiger partial charge < -0.3 is 4.52 Å². The van der Waals surface area contributed by atoms with Gasteiger partial charge in [-0.1, -0.05) is 28.9 Å². The summed E-state index contributed by atoms with van der Waals surface area (Å²) in [7, 11) is 0. The number of H-pyrrole nitrogens is 1. The average Bonchev–Trinajstić information content (AvgIpc) is 3.31. The van der Waals surface area contributed by atoms with Gasteiger partial charge in [0.25, 0.3) is 0 Å². The first-order valence-corrected chi connectivity index (χ1v) is 9.33. The fraction of sp³-hybridized carbons (Fsp3) is 0.158. The van der Waals surface area contributed by atoms with Crippen LogP contribution in [0, 0.1) is 25.5 Å². The van der Waals surface area contributed by atoms with E-state index in [2.05, 4.69) is 20.5 Å². The van der Waals surface area contributed by atoms with Crippen molar-refractivity contribution < 1.29 is 4.52 Å². The molecule has 142 valence electrons. The van der Waals surface area contributed by atoms with E-state index in [4.69, 9.17) is 28.3 Å². The summed E-state index contributed by atoms with van der Waals surface area (Å²) in [5, 5.41) is 16.3. The third-order valence-electron chi connectivity index (χ3n) is 4.36. The molecule has 4 aromatic rings. The molecule has 4 rings (SSSR count). The minimum absolute atomic E-state index is 0.396. The van der Waals surface area contributed by atoms with Crippen LogP contribution in [0.25, 0.3) is 17.2 Å². The molecular weight excluding hydrogens is 396 g/mol. The maximum atomic E-state index is 6.10. The zero-order valence-corrected chi connectivity index (χ0v) is 17.0. The van der Waals surface area contributed by atoms with E-state index in [0.29, 0.717) is 15.6 Å². The molecular formula is C19H17ClN6OS. The Morgan fingerprint density at radius 3 is 2.75 bits per heavy atom. The van der Waals surface area contributed by atoms with E-state index in [1.165, 1.54) is 0 Å². The molecule has 0 unspecified atom stereocenters. The molecule has 1 aromatic carbocycles. The molecule has 0 aliphatic rings. The van der Waals surface area contributed by atoms with Crippen LogP contribution in [0.2, 0.25) is 5.02 Å². The van der Waals surface area contributed by atoms with Crippen molar-refractivity contribution in [2.45, 2.75) is 20.8 Å². The molecule has 0 bridgehead atoms. The molecule has 28 heavy (non-hydrogen) atoms. The van der Waals surface area contributed by atoms with Gasteiger partial charge in [-0.3, -0.25) is 4.57 Å². The molecule has 3 heterocycles. The normalized spacial score (nSPS) is 11.6. The maximum Gasteiger partial charge on any atom is 0.216 e. The van der Waals surface area contributed by atoms with E-state index in [1.54, 1.807) is 17.0 Å². The molecule has 1 N–H and O–H groups in total. The highest BCUT2D eigenvalue weighted by molar-refractivity contribution is 7.71. The Hall–Kier alpha value is -2.97. The van der Waals surface area contributed by atoms with E-state index >= 15 is 0 Å². The SMILES string of the molecule is Cc1cc(-n2c(C)cc(/C=N\n3c(-c4cccc(Cl)c4)n[nH]c3=S)c2C)no1. The summed E-state index contributed by atoms with van der Waals surface area (Å²) in [4.78, 5) is 0. The van der Waals surface area contributed by atoms with Gasteiger partial charge >= 0.3 is 0 Å². The van der Waals surface area contributed by atoms with Crippen LogP contribution in [-0.2, 0) is 0 Å². The second kappa shape index (κ2) is 7.21. The molecule has 0 spiro atoms. The number of benzene rings is 1. The Balaban J connectivity index is 1.74. The lowest BCUT2D eigenvalue weighted by Crippen LogP contribution is -2.00. The largest absolute Gasteiger partial charge is 0.360 e. The Labute approximate surface area is 171 Å². The van der Waals surface area contributed by atoms with Gasteiger partial charge in [-0.05, 0) is 51.2 Å². The van der Waals surface area contributed by atoms with Crippen LogP contribution >= 0.6 is 23.8 Å². The Bertz CT molecular complexity index is 1250. The van der Waals surface area contributed by atoms with Crippen molar-refractivity contribution in [3.05, 3.63) is 68.9 Å². The van der Waals surface area contributed by atoms with Gasteiger partial charge in [0.2, 0.25) is 4.77 Å². The van der Waals surface area contributed by atoms with Gasteiger partial charge in [-0.25, -0.2) is 5.10 Å². The number of nitrogens with one attached hydrogen (secondary N) is 1. The van der Waals surface area contributed by atoms with Crippen molar-refractivity contribution >= 4 is 30.0 Å². The third-order valence-corrected chi connectivity index (χ3v) is 4.86. The number of halogens is 1. The first-order valence-electron chi connectivity index (χ1n) is 8.54. The number of hydrogen-bond donors (Lipinski definition) is 1. The Morgan fingerprint density at radius 1 is 1.21 bits per heavy atom. The van der Waals surface area contributed by atoms with Gasteiger partial charge in [0.1, 0.15) is 5.76 Å². The molecule has 3 aromatic heterocycles. The molecule has 0 saturated carbocycles. The molecule has 0 radical (unpaired) electrons. The number of aromatic nitrogens is 5. The van der Waals surface area contributed by atoms with Crippen molar-refractivity contribution in [1.82, 2.24) is 24.6 Å². The van der Waals surface area contributed by atoms with E-state index in [1.807, 2.05) is 55.7 Å². The predicted molar refractivity (Wildman–Crippen MR) is 111 cm³/mol. The summed E-state index contributed by atoms with van der Waals surface area (Å²) in [6.45, 7) is 5.88. The van der Waals surface area contributed by atoms with Crippen molar-refractivity contribution in [3.8, 4) is 17.2 Å². The van der Waals surface area contributed by atoms with E-state index in [9.17, 15) is 0 Å². The smallest absolute Gasteiger partial charge is 0.216 e. The van der Waals surface area contributed by atoms with Crippen LogP contribution in [0.15, 0.2) is 46.0 Å². The lowest BCUT2D eigenvalue weighted by atomic mass is 10.2. The molecule has 7 nitrogen and oxygen atoms in total. The summed E-state index contributed by atoms with van der Waals surface area (Å²) in [6.07, 6.45) is 1.76. The highest BCUT2D eigenvalue weighted by Crippen LogP contribution is 2.22. The monoisotopic (exact) mass is 412 g/mol. The van der Waals surface area contributed by atoms with Gasteiger partial charge in [0, 0.05) is 33.6 Å². The van der Waals surface area contributed by atoms with Crippen molar-refractivity contribution in [3.63, 3.8) is 0 Å². The first-order chi connectivity index (χ1) is 13.4. The fourth-order valence-electron chi connectivity index (χ4n) is 3.06. The minimum atomic E-state index is 0.396. The van der Waals surface area contributed by atoms with E-state index in [0.717, 1.165) is 34.1 Å². The number of nitrogens with zero attached hydrogens (tertiary/aromatic N) is 5. The van der Waals surface area contributed by atoms with Crippen molar-refractivity contribution in [1.29, 1.82) is 0 Å². The standard InChI is InChI=1S/C19H17ClN6OS/c1-11-7-15(13(3)25(11)17-8-12(2)27-24-17)10-21-26-18(22-23-19(26)28)14-5-4-6-16(20)9-14/h4-10H,1-3H3,(H,23,28)/b21-10-. The van der Waals surface area contributed by atoms with Gasteiger partial charge in [-0.15, -0.1) is 0 Å². The second-order valence-corrected chi connectivity index (χ2v) is 7.20. The highest BCUT2D eigenvalue weighted by Gasteiger charge is 2.13. The summed E-state index contributed by atoms with van der Waals surface area (Å²) in [6, 6.07) is 11.3. The summed E-state index contributed by atoms with van der Waals surface area (Å²) in [5.41, 5.74) is 3.78. The second-order valence-electron chi connectivity index (χ2n) is 6.38. The molecule has 9 heteroatoms. The average molecular weight is 413 g/mol. The number of aromatic amines is 1. The Morgan fingerprint density at radius 2 is 2.04 bits per heavy atom. The quantitative estimate of drug-likeness (QED) is 0.384. The lowest BCUT2D eigenvalue weighted by Gasteiger charge is -2.04. The van der Waals surface area contributed by atoms with Crippen LogP contribution in [0.3, 0.4) is 0 Å². The van der Waals surface area contributed by atoms with Crippen LogP contribution in [-0.4, -0.2) is 30.8 Å². The van der Waals surface area contributed by atoms with Crippen molar-refractivity contribution in [2.24, 2.45) is 5.10 Å². The van der Waals surface area contributed by atoms with Crippen LogP contribution < -0.4 is 0 Å². The molecule has 0 saturated heterocycles. The zero-order chi connectivity index (χ0) is 19.8.